The molecule has 2 saturated heterocycles. The van der Waals surface area contributed by atoms with Crippen LogP contribution in [0.1, 0.15) is 32.1 Å². The predicted octanol–water partition coefficient (Wildman–Crippen LogP) is 1.06. The third-order valence-electron chi connectivity index (χ3n) is 6.45. The van der Waals surface area contributed by atoms with Gasteiger partial charge >= 0.3 is 6.03 Å². The van der Waals surface area contributed by atoms with Crippen LogP contribution in [-0.2, 0) is 0 Å². The molecule has 3 rings (SSSR count). The Balaban J connectivity index is 1.44. The number of likely N-dealkylation sites (N-methyl/N-ethyl adjacent to an activating group) is 1. The molecule has 144 valence electrons. The Kier molecular flexibility index (Phi) is 6.96. The zero-order chi connectivity index (χ0) is 17.6. The molecule has 0 radical (unpaired) electrons. The van der Waals surface area contributed by atoms with Crippen LogP contribution in [0.4, 0.5) is 4.79 Å². The highest BCUT2D eigenvalue weighted by Gasteiger charge is 2.36. The van der Waals surface area contributed by atoms with E-state index in [4.69, 9.17) is 0 Å². The maximum absolute atomic E-state index is 12.5. The van der Waals surface area contributed by atoms with E-state index in [1.165, 1.54) is 32.1 Å². The molecule has 2 heterocycles. The van der Waals surface area contributed by atoms with Crippen LogP contribution in [0.5, 0.6) is 0 Å². The molecule has 0 aromatic carbocycles. The number of aliphatic hydroxyl groups is 1. The molecular formula is C19H36N4O2. The van der Waals surface area contributed by atoms with Crippen molar-refractivity contribution in [2.75, 3.05) is 66.0 Å². The normalized spacial score (nSPS) is 29.9. The van der Waals surface area contributed by atoms with E-state index in [-0.39, 0.29) is 18.6 Å². The standard InChI is InChI=1S/C19H36N4O2/c1-21-7-9-22(10-8-21)12-17-13-23(14-18(17)15-24)19(25)20-11-16-5-3-2-4-6-16/h16-18,24H,2-15H2,1H3,(H,20,25)/t17-,18-/m1/s1. The number of amides is 2. The largest absolute Gasteiger partial charge is 0.396 e. The summed E-state index contributed by atoms with van der Waals surface area (Å²) in [5, 5.41) is 12.9. The monoisotopic (exact) mass is 352 g/mol. The molecule has 2 amide bonds. The lowest BCUT2D eigenvalue weighted by molar-refractivity contribution is 0.116. The van der Waals surface area contributed by atoms with Gasteiger partial charge in [0.1, 0.15) is 0 Å². The molecule has 3 aliphatic rings. The summed E-state index contributed by atoms with van der Waals surface area (Å²) in [6.45, 7) is 7.92. The summed E-state index contributed by atoms with van der Waals surface area (Å²) in [5.74, 6) is 1.28. The highest BCUT2D eigenvalue weighted by atomic mass is 16.3. The minimum Gasteiger partial charge on any atom is -0.396 e. The Labute approximate surface area is 152 Å². The van der Waals surface area contributed by atoms with Crippen LogP contribution >= 0.6 is 0 Å². The molecular weight excluding hydrogens is 316 g/mol. The van der Waals surface area contributed by atoms with E-state index in [9.17, 15) is 9.90 Å². The van der Waals surface area contributed by atoms with Gasteiger partial charge in [0.25, 0.3) is 0 Å². The van der Waals surface area contributed by atoms with Crippen LogP contribution in [0.15, 0.2) is 0 Å². The molecule has 1 saturated carbocycles. The van der Waals surface area contributed by atoms with Gasteiger partial charge in [0.05, 0.1) is 0 Å². The highest BCUT2D eigenvalue weighted by Crippen LogP contribution is 2.25. The fourth-order valence-corrected chi connectivity index (χ4v) is 4.62. The molecule has 1 aliphatic carbocycles. The molecule has 6 heteroatoms. The summed E-state index contributed by atoms with van der Waals surface area (Å²) < 4.78 is 0. The summed E-state index contributed by atoms with van der Waals surface area (Å²) in [6.07, 6.45) is 6.48. The first-order chi connectivity index (χ1) is 12.2. The second kappa shape index (κ2) is 9.19. The van der Waals surface area contributed by atoms with Crippen molar-refractivity contribution in [3.63, 3.8) is 0 Å². The number of carbonyl (C=O) groups is 1. The van der Waals surface area contributed by atoms with Gasteiger partial charge in [0.2, 0.25) is 0 Å². The van der Waals surface area contributed by atoms with E-state index < -0.39 is 0 Å². The van der Waals surface area contributed by atoms with E-state index in [1.54, 1.807) is 0 Å². The summed E-state index contributed by atoms with van der Waals surface area (Å²) in [6, 6.07) is 0.0740. The Morgan fingerprint density at radius 2 is 1.72 bits per heavy atom. The van der Waals surface area contributed by atoms with Crippen LogP contribution in [0.2, 0.25) is 0 Å². The van der Waals surface area contributed by atoms with Crippen LogP contribution in [0.25, 0.3) is 0 Å². The van der Waals surface area contributed by atoms with E-state index in [0.717, 1.165) is 45.8 Å². The molecule has 6 nitrogen and oxygen atoms in total. The van der Waals surface area contributed by atoms with Crippen LogP contribution < -0.4 is 5.32 Å². The minimum atomic E-state index is 0.0740. The van der Waals surface area contributed by atoms with E-state index in [2.05, 4.69) is 22.2 Å². The number of hydrogen-bond donors (Lipinski definition) is 2. The summed E-state index contributed by atoms with van der Waals surface area (Å²) >= 11 is 0. The molecule has 0 unspecified atom stereocenters. The second-order valence-electron chi connectivity index (χ2n) is 8.40. The van der Waals surface area contributed by atoms with Gasteiger partial charge in [-0.1, -0.05) is 19.3 Å². The number of nitrogens with one attached hydrogen (secondary N) is 1. The number of likely N-dealkylation sites (tertiary alicyclic amines) is 1. The summed E-state index contributed by atoms with van der Waals surface area (Å²) in [4.78, 5) is 19.3. The minimum absolute atomic E-state index is 0.0740. The average molecular weight is 353 g/mol. The van der Waals surface area contributed by atoms with Crippen LogP contribution in [0, 0.1) is 17.8 Å². The van der Waals surface area contributed by atoms with E-state index >= 15 is 0 Å². The zero-order valence-corrected chi connectivity index (χ0v) is 15.8. The fraction of sp³-hybridized carbons (Fsp3) is 0.947. The Morgan fingerprint density at radius 1 is 1.04 bits per heavy atom. The molecule has 2 atom stereocenters. The number of aliphatic hydroxyl groups excluding tert-OH is 1. The lowest BCUT2D eigenvalue weighted by Gasteiger charge is -2.34. The predicted molar refractivity (Wildman–Crippen MR) is 99.5 cm³/mol. The van der Waals surface area contributed by atoms with Crippen molar-refractivity contribution in [3.8, 4) is 0 Å². The van der Waals surface area contributed by atoms with Gasteiger partial charge in [-0.3, -0.25) is 0 Å². The van der Waals surface area contributed by atoms with Gasteiger partial charge in [-0.05, 0) is 31.7 Å². The zero-order valence-electron chi connectivity index (χ0n) is 15.8. The smallest absolute Gasteiger partial charge is 0.317 e. The quantitative estimate of drug-likeness (QED) is 0.777. The number of nitrogens with zero attached hydrogens (tertiary/aromatic N) is 3. The molecule has 0 aromatic heterocycles. The molecule has 2 N–H and O–H groups in total. The average Bonchev–Trinajstić information content (AvgIpc) is 3.05. The number of piperazine rings is 1. The third kappa shape index (κ3) is 5.31. The molecule has 25 heavy (non-hydrogen) atoms. The van der Waals surface area contributed by atoms with Gasteiger partial charge in [0, 0.05) is 64.9 Å². The Bertz CT molecular complexity index is 420. The number of rotatable bonds is 5. The molecule has 2 aliphatic heterocycles. The second-order valence-corrected chi connectivity index (χ2v) is 8.40. The number of hydrogen-bond acceptors (Lipinski definition) is 4. The van der Waals surface area contributed by atoms with Crippen LogP contribution in [0.3, 0.4) is 0 Å². The van der Waals surface area contributed by atoms with Crippen molar-refractivity contribution >= 4 is 6.03 Å². The lowest BCUT2D eigenvalue weighted by atomic mass is 9.89. The highest BCUT2D eigenvalue weighted by molar-refractivity contribution is 5.74. The molecule has 0 bridgehead atoms. The van der Waals surface area contributed by atoms with Gasteiger partial charge in [-0.2, -0.15) is 0 Å². The fourth-order valence-electron chi connectivity index (χ4n) is 4.62. The maximum Gasteiger partial charge on any atom is 0.317 e. The van der Waals surface area contributed by atoms with Crippen molar-refractivity contribution in [2.24, 2.45) is 17.8 Å². The molecule has 0 spiro atoms. The summed E-state index contributed by atoms with van der Waals surface area (Å²) in [5.41, 5.74) is 0. The van der Waals surface area contributed by atoms with E-state index in [0.29, 0.717) is 18.4 Å². The SMILES string of the molecule is CN1CCN(C[C@@H]2CN(C(=O)NCC3CCCCC3)C[C@@H]2CO)CC1. The Morgan fingerprint density at radius 3 is 2.40 bits per heavy atom. The van der Waals surface area contributed by atoms with Crippen LogP contribution in [-0.4, -0.2) is 91.8 Å². The van der Waals surface area contributed by atoms with Gasteiger partial charge in [0.15, 0.2) is 0 Å². The third-order valence-corrected chi connectivity index (χ3v) is 6.45. The first-order valence-electron chi connectivity index (χ1n) is 10.2. The molecule has 0 aromatic rings. The van der Waals surface area contributed by atoms with Crippen molar-refractivity contribution in [1.82, 2.24) is 20.0 Å². The van der Waals surface area contributed by atoms with Gasteiger partial charge in [-0.15, -0.1) is 0 Å². The van der Waals surface area contributed by atoms with Crippen molar-refractivity contribution in [2.45, 2.75) is 32.1 Å². The van der Waals surface area contributed by atoms with E-state index in [1.807, 2.05) is 4.90 Å². The molecule has 3 fully saturated rings. The topological polar surface area (TPSA) is 59.0 Å². The number of carbonyl (C=O) groups excluding carboxylic acids is 1. The maximum atomic E-state index is 12.5. The Hall–Kier alpha value is -0.850. The van der Waals surface area contributed by atoms with Gasteiger partial charge in [-0.25, -0.2) is 4.79 Å². The lowest BCUT2D eigenvalue weighted by Crippen LogP contribution is -2.47. The van der Waals surface area contributed by atoms with Crippen molar-refractivity contribution < 1.29 is 9.90 Å². The summed E-state index contributed by atoms with van der Waals surface area (Å²) in [7, 11) is 2.17. The van der Waals surface area contributed by atoms with Crippen molar-refractivity contribution in [1.29, 1.82) is 0 Å². The first kappa shape index (κ1) is 18.9. The number of urea groups is 1. The first-order valence-corrected chi connectivity index (χ1v) is 10.2. The van der Waals surface area contributed by atoms with Crippen molar-refractivity contribution in [3.05, 3.63) is 0 Å². The van der Waals surface area contributed by atoms with Gasteiger partial charge < -0.3 is 25.1 Å².